The van der Waals surface area contributed by atoms with Crippen molar-refractivity contribution in [3.05, 3.63) is 17.3 Å². The Morgan fingerprint density at radius 3 is 2.72 bits per heavy atom. The van der Waals surface area contributed by atoms with Crippen LogP contribution in [0.4, 0.5) is 0 Å². The zero-order valence-electron chi connectivity index (χ0n) is 15.8. The Morgan fingerprint density at radius 1 is 1.44 bits per heavy atom. The lowest BCUT2D eigenvalue weighted by molar-refractivity contribution is -0.133. The lowest BCUT2D eigenvalue weighted by Crippen LogP contribution is -2.45. The Kier molecular flexibility index (Phi) is 8.67. The second-order valence-corrected chi connectivity index (χ2v) is 6.51. The first-order valence-corrected chi connectivity index (χ1v) is 8.67. The number of carbonyl (C=O) groups is 1. The van der Waals surface area contributed by atoms with E-state index in [1.165, 1.54) is 0 Å². The number of nitrogens with one attached hydrogen (secondary N) is 2. The van der Waals surface area contributed by atoms with Gasteiger partial charge in [-0.1, -0.05) is 13.8 Å². The predicted octanol–water partition coefficient (Wildman–Crippen LogP) is 2.22. The van der Waals surface area contributed by atoms with E-state index < -0.39 is 0 Å². The van der Waals surface area contributed by atoms with E-state index in [4.69, 9.17) is 4.42 Å². The van der Waals surface area contributed by atoms with Crippen molar-refractivity contribution in [2.75, 3.05) is 19.6 Å². The number of halogens is 1. The minimum atomic E-state index is 0. The van der Waals surface area contributed by atoms with E-state index in [0.29, 0.717) is 12.4 Å². The molecule has 1 aliphatic heterocycles. The number of rotatable bonds is 5. The average Bonchev–Trinajstić information content (AvgIpc) is 3.11. The molecule has 1 aromatic rings. The molecule has 1 amide bonds. The van der Waals surface area contributed by atoms with Crippen LogP contribution in [0.5, 0.6) is 0 Å². The molecule has 8 heteroatoms. The standard InChI is InChI=1S/C17H29N5O2.HI/c1-6-18-17(19-9-15-20-12(4)13(5)24-15)21-14-7-8-22(10-14)16(23)11(2)3;/h11,14H,6-10H2,1-5H3,(H2,18,19,21);1H. The molecule has 1 unspecified atom stereocenters. The molecule has 2 N–H and O–H groups in total. The fourth-order valence-electron chi connectivity index (χ4n) is 2.71. The fraction of sp³-hybridized carbons (Fsp3) is 0.706. The summed E-state index contributed by atoms with van der Waals surface area (Å²) >= 11 is 0. The summed E-state index contributed by atoms with van der Waals surface area (Å²) in [5, 5.41) is 6.64. The summed E-state index contributed by atoms with van der Waals surface area (Å²) < 4.78 is 5.56. The van der Waals surface area contributed by atoms with E-state index >= 15 is 0 Å². The second-order valence-electron chi connectivity index (χ2n) is 6.51. The Labute approximate surface area is 167 Å². The molecule has 0 spiro atoms. The van der Waals surface area contributed by atoms with Gasteiger partial charge in [0, 0.05) is 31.6 Å². The largest absolute Gasteiger partial charge is 0.444 e. The number of aromatic nitrogens is 1. The summed E-state index contributed by atoms with van der Waals surface area (Å²) in [4.78, 5) is 22.9. The highest BCUT2D eigenvalue weighted by Gasteiger charge is 2.27. The summed E-state index contributed by atoms with van der Waals surface area (Å²) in [5.74, 6) is 2.44. The molecule has 2 rings (SSSR count). The molecular formula is C17H30IN5O2. The molecule has 0 aromatic carbocycles. The van der Waals surface area contributed by atoms with Crippen molar-refractivity contribution in [1.29, 1.82) is 0 Å². The van der Waals surface area contributed by atoms with Crippen LogP contribution in [-0.2, 0) is 11.3 Å². The van der Waals surface area contributed by atoms with Gasteiger partial charge in [-0.2, -0.15) is 0 Å². The Bertz CT molecular complexity index is 580. The first-order chi connectivity index (χ1) is 11.4. The molecule has 2 heterocycles. The molecule has 1 aromatic heterocycles. The zero-order valence-corrected chi connectivity index (χ0v) is 18.1. The van der Waals surface area contributed by atoms with Crippen LogP contribution >= 0.6 is 24.0 Å². The SMILES string of the molecule is CCNC(=NCc1nc(C)c(C)o1)NC1CCN(C(=O)C(C)C)C1.I. The topological polar surface area (TPSA) is 82.8 Å². The van der Waals surface area contributed by atoms with E-state index in [2.05, 4.69) is 20.6 Å². The fourth-order valence-corrected chi connectivity index (χ4v) is 2.71. The Morgan fingerprint density at radius 2 is 2.16 bits per heavy atom. The first kappa shape index (κ1) is 21.7. The maximum Gasteiger partial charge on any atom is 0.225 e. The molecule has 142 valence electrons. The number of aryl methyl sites for hydroxylation is 2. The molecule has 0 saturated carbocycles. The smallest absolute Gasteiger partial charge is 0.225 e. The molecule has 0 aliphatic carbocycles. The van der Waals surface area contributed by atoms with E-state index in [1.54, 1.807) is 0 Å². The molecule has 25 heavy (non-hydrogen) atoms. The van der Waals surface area contributed by atoms with Crippen molar-refractivity contribution in [3.63, 3.8) is 0 Å². The summed E-state index contributed by atoms with van der Waals surface area (Å²) in [5.41, 5.74) is 0.900. The van der Waals surface area contributed by atoms with Gasteiger partial charge in [-0.15, -0.1) is 24.0 Å². The van der Waals surface area contributed by atoms with Gasteiger partial charge in [-0.05, 0) is 27.2 Å². The van der Waals surface area contributed by atoms with E-state index in [1.807, 2.05) is 39.5 Å². The van der Waals surface area contributed by atoms with Gasteiger partial charge >= 0.3 is 0 Å². The molecule has 1 atom stereocenters. The third kappa shape index (κ3) is 6.16. The average molecular weight is 463 g/mol. The van der Waals surface area contributed by atoms with Crippen LogP contribution in [0.1, 0.15) is 44.5 Å². The van der Waals surface area contributed by atoms with Crippen molar-refractivity contribution in [3.8, 4) is 0 Å². The number of amides is 1. The van der Waals surface area contributed by atoms with Crippen molar-refractivity contribution in [2.24, 2.45) is 10.9 Å². The molecule has 1 saturated heterocycles. The summed E-state index contributed by atoms with van der Waals surface area (Å²) in [6.07, 6.45) is 0.931. The second kappa shape index (κ2) is 9.98. The lowest BCUT2D eigenvalue weighted by atomic mass is 10.2. The maximum absolute atomic E-state index is 12.1. The van der Waals surface area contributed by atoms with Crippen LogP contribution in [0.15, 0.2) is 9.41 Å². The molecule has 0 radical (unpaired) electrons. The number of carbonyl (C=O) groups excluding carboxylic acids is 1. The van der Waals surface area contributed by atoms with E-state index in [9.17, 15) is 4.79 Å². The zero-order chi connectivity index (χ0) is 17.7. The molecule has 1 fully saturated rings. The summed E-state index contributed by atoms with van der Waals surface area (Å²) in [6, 6.07) is 0.221. The van der Waals surface area contributed by atoms with Gasteiger partial charge in [0.25, 0.3) is 0 Å². The van der Waals surface area contributed by atoms with E-state index in [0.717, 1.165) is 43.5 Å². The van der Waals surface area contributed by atoms with Gasteiger partial charge < -0.3 is 20.0 Å². The van der Waals surface area contributed by atoms with Gasteiger partial charge in [0.05, 0.1) is 5.69 Å². The third-order valence-electron chi connectivity index (χ3n) is 4.12. The molecule has 1 aliphatic rings. The van der Waals surface area contributed by atoms with Gasteiger partial charge in [0.1, 0.15) is 12.3 Å². The molecular weight excluding hydrogens is 433 g/mol. The number of likely N-dealkylation sites (tertiary alicyclic amines) is 1. The van der Waals surface area contributed by atoms with Gasteiger partial charge in [0.2, 0.25) is 11.8 Å². The predicted molar refractivity (Wildman–Crippen MR) is 109 cm³/mol. The van der Waals surface area contributed by atoms with Crippen LogP contribution in [0.3, 0.4) is 0 Å². The molecule has 7 nitrogen and oxygen atoms in total. The van der Waals surface area contributed by atoms with Crippen LogP contribution in [-0.4, -0.2) is 47.4 Å². The number of hydrogen-bond donors (Lipinski definition) is 2. The Hall–Kier alpha value is -1.32. The monoisotopic (exact) mass is 463 g/mol. The van der Waals surface area contributed by atoms with Gasteiger partial charge in [0.15, 0.2) is 5.96 Å². The first-order valence-electron chi connectivity index (χ1n) is 8.67. The van der Waals surface area contributed by atoms with Crippen molar-refractivity contribution in [1.82, 2.24) is 20.5 Å². The van der Waals surface area contributed by atoms with Crippen LogP contribution in [0.25, 0.3) is 0 Å². The van der Waals surface area contributed by atoms with E-state index in [-0.39, 0.29) is 41.8 Å². The van der Waals surface area contributed by atoms with Gasteiger partial charge in [-0.3, -0.25) is 4.79 Å². The highest BCUT2D eigenvalue weighted by molar-refractivity contribution is 14.0. The minimum Gasteiger partial charge on any atom is -0.444 e. The number of hydrogen-bond acceptors (Lipinski definition) is 4. The lowest BCUT2D eigenvalue weighted by Gasteiger charge is -2.20. The summed E-state index contributed by atoms with van der Waals surface area (Å²) in [6.45, 7) is 12.4. The Balaban J connectivity index is 0.00000312. The quantitative estimate of drug-likeness (QED) is 0.398. The highest BCUT2D eigenvalue weighted by atomic mass is 127. The number of nitrogens with zero attached hydrogens (tertiary/aromatic N) is 3. The third-order valence-corrected chi connectivity index (χ3v) is 4.12. The van der Waals surface area contributed by atoms with Crippen LogP contribution in [0, 0.1) is 19.8 Å². The number of guanidine groups is 1. The van der Waals surface area contributed by atoms with Crippen molar-refractivity contribution in [2.45, 2.75) is 53.6 Å². The van der Waals surface area contributed by atoms with Crippen molar-refractivity contribution < 1.29 is 9.21 Å². The normalized spacial score (nSPS) is 17.6. The summed E-state index contributed by atoms with van der Waals surface area (Å²) in [7, 11) is 0. The van der Waals surface area contributed by atoms with Crippen molar-refractivity contribution >= 4 is 35.8 Å². The number of aliphatic imine (C=N–C) groups is 1. The minimum absolute atomic E-state index is 0. The van der Waals surface area contributed by atoms with Gasteiger partial charge in [-0.25, -0.2) is 9.98 Å². The highest BCUT2D eigenvalue weighted by Crippen LogP contribution is 2.13. The van der Waals surface area contributed by atoms with Crippen LogP contribution in [0.2, 0.25) is 0 Å². The number of oxazole rings is 1. The van der Waals surface area contributed by atoms with Crippen LogP contribution < -0.4 is 10.6 Å². The molecule has 0 bridgehead atoms. The maximum atomic E-state index is 12.1.